The number of aldehydes is 1. The first-order valence-corrected chi connectivity index (χ1v) is 4.23. The maximum Gasteiger partial charge on any atom is 0.142 e. The Kier molecular flexibility index (Phi) is 1.89. The Morgan fingerprint density at radius 2 is 2.31 bits per heavy atom. The smallest absolute Gasteiger partial charge is 0.142 e. The van der Waals surface area contributed by atoms with E-state index in [1.165, 1.54) is 11.6 Å². The predicted octanol–water partition coefficient (Wildman–Crippen LogP) is 2.35. The van der Waals surface area contributed by atoms with Gasteiger partial charge in [0.05, 0.1) is 0 Å². The highest BCUT2D eigenvalue weighted by Crippen LogP contribution is 2.39. The highest BCUT2D eigenvalue weighted by Gasteiger charge is 2.22. The summed E-state index contributed by atoms with van der Waals surface area (Å²) in [5, 5.41) is 0. The summed E-state index contributed by atoms with van der Waals surface area (Å²) in [5.41, 5.74) is 2.26. The molecule has 0 saturated heterocycles. The molecule has 0 fully saturated rings. The van der Waals surface area contributed by atoms with Crippen molar-refractivity contribution in [3.8, 4) is 5.75 Å². The van der Waals surface area contributed by atoms with Crippen LogP contribution in [-0.4, -0.2) is 6.29 Å². The number of carbonyl (C=O) groups excluding carboxylic acids is 1. The van der Waals surface area contributed by atoms with Crippen molar-refractivity contribution < 1.29 is 9.53 Å². The number of rotatable bonds is 2. The minimum atomic E-state index is 0.194. The summed E-state index contributed by atoms with van der Waals surface area (Å²) in [6, 6.07) is 5.91. The fourth-order valence-electron chi connectivity index (χ4n) is 1.44. The molecule has 0 radical (unpaired) electrons. The fraction of sp³-hybridized carbons (Fsp3) is 0.182. The van der Waals surface area contributed by atoms with Crippen LogP contribution in [0.1, 0.15) is 24.2 Å². The molecule has 1 aromatic carbocycles. The van der Waals surface area contributed by atoms with Crippen LogP contribution in [0, 0.1) is 0 Å². The standard InChI is InChI=1S/C11H10O2/c1-8-10-7-9(3-2-6-12)4-5-11(10)13-8/h2-8H,1H3/b3-2+. The lowest BCUT2D eigenvalue weighted by Crippen LogP contribution is -2.15. The summed E-state index contributed by atoms with van der Waals surface area (Å²) >= 11 is 0. The average molecular weight is 174 g/mol. The van der Waals surface area contributed by atoms with E-state index in [-0.39, 0.29) is 6.10 Å². The van der Waals surface area contributed by atoms with Crippen molar-refractivity contribution in [3.05, 3.63) is 35.4 Å². The van der Waals surface area contributed by atoms with Crippen molar-refractivity contribution >= 4 is 12.4 Å². The van der Waals surface area contributed by atoms with E-state index in [1.807, 2.05) is 25.1 Å². The molecule has 1 aliphatic rings. The second-order valence-electron chi connectivity index (χ2n) is 3.05. The molecule has 2 rings (SSSR count). The Morgan fingerprint density at radius 1 is 1.46 bits per heavy atom. The van der Waals surface area contributed by atoms with Crippen molar-refractivity contribution in [1.82, 2.24) is 0 Å². The van der Waals surface area contributed by atoms with Crippen molar-refractivity contribution in [1.29, 1.82) is 0 Å². The monoisotopic (exact) mass is 174 g/mol. The van der Waals surface area contributed by atoms with E-state index in [1.54, 1.807) is 6.08 Å². The van der Waals surface area contributed by atoms with Gasteiger partial charge in [-0.05, 0) is 30.7 Å². The number of hydrogen-bond acceptors (Lipinski definition) is 2. The molecule has 1 aromatic rings. The zero-order valence-corrected chi connectivity index (χ0v) is 7.36. The van der Waals surface area contributed by atoms with Crippen LogP contribution in [-0.2, 0) is 4.79 Å². The lowest BCUT2D eigenvalue weighted by atomic mass is 10.0. The molecule has 1 aliphatic heterocycles. The summed E-state index contributed by atoms with van der Waals surface area (Å²) in [6.07, 6.45) is 4.25. The molecule has 13 heavy (non-hydrogen) atoms. The third-order valence-electron chi connectivity index (χ3n) is 2.14. The molecule has 0 aliphatic carbocycles. The van der Waals surface area contributed by atoms with Gasteiger partial charge in [0.2, 0.25) is 0 Å². The minimum absolute atomic E-state index is 0.194. The summed E-state index contributed by atoms with van der Waals surface area (Å²) in [4.78, 5) is 10.1. The number of carbonyl (C=O) groups is 1. The zero-order valence-electron chi connectivity index (χ0n) is 7.36. The van der Waals surface area contributed by atoms with Gasteiger partial charge < -0.3 is 4.74 Å². The number of ether oxygens (including phenoxy) is 1. The summed E-state index contributed by atoms with van der Waals surface area (Å²) < 4.78 is 5.35. The van der Waals surface area contributed by atoms with E-state index in [2.05, 4.69) is 0 Å². The van der Waals surface area contributed by atoms with Gasteiger partial charge in [0, 0.05) is 5.56 Å². The Morgan fingerprint density at radius 3 is 3.00 bits per heavy atom. The number of benzene rings is 1. The van der Waals surface area contributed by atoms with Gasteiger partial charge in [-0.1, -0.05) is 12.1 Å². The highest BCUT2D eigenvalue weighted by molar-refractivity contribution is 5.74. The van der Waals surface area contributed by atoms with Crippen LogP contribution < -0.4 is 4.74 Å². The van der Waals surface area contributed by atoms with Crippen molar-refractivity contribution in [2.24, 2.45) is 0 Å². The van der Waals surface area contributed by atoms with Crippen LogP contribution in [0.2, 0.25) is 0 Å². The van der Waals surface area contributed by atoms with E-state index in [0.29, 0.717) is 0 Å². The lowest BCUT2D eigenvalue weighted by molar-refractivity contribution is -0.104. The van der Waals surface area contributed by atoms with Crippen LogP contribution in [0.3, 0.4) is 0 Å². The van der Waals surface area contributed by atoms with Crippen molar-refractivity contribution in [2.75, 3.05) is 0 Å². The summed E-state index contributed by atoms with van der Waals surface area (Å²) in [6.45, 7) is 2.01. The molecule has 1 unspecified atom stereocenters. The average Bonchev–Trinajstić information content (AvgIpc) is 2.14. The minimum Gasteiger partial charge on any atom is -0.485 e. The van der Waals surface area contributed by atoms with Crippen LogP contribution in [0.4, 0.5) is 0 Å². The number of fused-ring (bicyclic) bond motifs is 1. The number of allylic oxidation sites excluding steroid dienone is 1. The Labute approximate surface area is 76.8 Å². The van der Waals surface area contributed by atoms with E-state index in [9.17, 15) is 4.79 Å². The van der Waals surface area contributed by atoms with Crippen LogP contribution in [0.15, 0.2) is 24.3 Å². The zero-order chi connectivity index (χ0) is 9.26. The maximum atomic E-state index is 10.1. The fourth-order valence-corrected chi connectivity index (χ4v) is 1.44. The first-order valence-electron chi connectivity index (χ1n) is 4.23. The van der Waals surface area contributed by atoms with Crippen LogP contribution in [0.5, 0.6) is 5.75 Å². The molecule has 0 bridgehead atoms. The second kappa shape index (κ2) is 3.05. The largest absolute Gasteiger partial charge is 0.485 e. The molecule has 1 heterocycles. The van der Waals surface area contributed by atoms with Gasteiger partial charge in [-0.3, -0.25) is 4.79 Å². The van der Waals surface area contributed by atoms with E-state index >= 15 is 0 Å². The molecular weight excluding hydrogens is 164 g/mol. The molecule has 0 aromatic heterocycles. The third kappa shape index (κ3) is 1.35. The molecule has 2 heteroatoms. The molecule has 0 amide bonds. The first kappa shape index (κ1) is 8.05. The van der Waals surface area contributed by atoms with E-state index in [4.69, 9.17) is 4.74 Å². The van der Waals surface area contributed by atoms with Crippen LogP contribution in [0.25, 0.3) is 6.08 Å². The molecule has 0 N–H and O–H groups in total. The molecule has 0 saturated carbocycles. The SMILES string of the molecule is CC1Oc2ccc(/C=C/C=O)cc21. The topological polar surface area (TPSA) is 26.3 Å². The predicted molar refractivity (Wildman–Crippen MR) is 50.6 cm³/mol. The molecule has 0 spiro atoms. The van der Waals surface area contributed by atoms with Gasteiger partial charge in [0.25, 0.3) is 0 Å². The second-order valence-corrected chi connectivity index (χ2v) is 3.05. The Hall–Kier alpha value is -1.57. The summed E-state index contributed by atoms with van der Waals surface area (Å²) in [7, 11) is 0. The molecule has 1 atom stereocenters. The molecular formula is C11H10O2. The van der Waals surface area contributed by atoms with Crippen molar-refractivity contribution in [3.63, 3.8) is 0 Å². The van der Waals surface area contributed by atoms with E-state index in [0.717, 1.165) is 17.6 Å². The summed E-state index contributed by atoms with van der Waals surface area (Å²) in [5.74, 6) is 0.954. The van der Waals surface area contributed by atoms with Gasteiger partial charge in [-0.15, -0.1) is 0 Å². The third-order valence-corrected chi connectivity index (χ3v) is 2.14. The van der Waals surface area contributed by atoms with Gasteiger partial charge >= 0.3 is 0 Å². The first-order chi connectivity index (χ1) is 6.31. The lowest BCUT2D eigenvalue weighted by Gasteiger charge is -2.28. The van der Waals surface area contributed by atoms with Gasteiger partial charge in [-0.25, -0.2) is 0 Å². The van der Waals surface area contributed by atoms with Gasteiger partial charge in [0.1, 0.15) is 18.1 Å². The Balaban J connectivity index is 2.30. The number of hydrogen-bond donors (Lipinski definition) is 0. The normalized spacial score (nSPS) is 19.0. The quantitative estimate of drug-likeness (QED) is 0.508. The van der Waals surface area contributed by atoms with Crippen molar-refractivity contribution in [2.45, 2.75) is 13.0 Å². The van der Waals surface area contributed by atoms with Crippen LogP contribution >= 0.6 is 0 Å². The highest BCUT2D eigenvalue weighted by atomic mass is 16.5. The van der Waals surface area contributed by atoms with Gasteiger partial charge in [0.15, 0.2) is 0 Å². The maximum absolute atomic E-state index is 10.1. The molecule has 66 valence electrons. The van der Waals surface area contributed by atoms with Gasteiger partial charge in [-0.2, -0.15) is 0 Å². The molecule has 2 nitrogen and oxygen atoms in total. The Bertz CT molecular complexity index is 366. The van der Waals surface area contributed by atoms with E-state index < -0.39 is 0 Å².